The number of rotatable bonds is 6. The fourth-order valence-electron chi connectivity index (χ4n) is 1.94. The third-order valence-corrected chi connectivity index (χ3v) is 3.69. The van der Waals surface area contributed by atoms with Crippen molar-refractivity contribution < 1.29 is 22.7 Å². The van der Waals surface area contributed by atoms with Gasteiger partial charge in [0, 0.05) is 17.5 Å². The van der Waals surface area contributed by atoms with Gasteiger partial charge in [0.25, 0.3) is 5.91 Å². The van der Waals surface area contributed by atoms with Crippen molar-refractivity contribution in [2.75, 3.05) is 12.5 Å². The highest BCUT2D eigenvalue weighted by Crippen LogP contribution is 2.28. The highest BCUT2D eigenvalue weighted by atomic mass is 32.2. The number of aromatic nitrogens is 1. The molecule has 0 radical (unpaired) electrons. The Morgan fingerprint density at radius 1 is 1.33 bits per heavy atom. The number of benzene rings is 1. The number of nitrogens with zero attached hydrogens (tertiary/aromatic N) is 1. The van der Waals surface area contributed by atoms with E-state index in [1.807, 2.05) is 0 Å². The van der Waals surface area contributed by atoms with Crippen LogP contribution in [-0.2, 0) is 4.79 Å². The highest BCUT2D eigenvalue weighted by Gasteiger charge is 2.28. The molecule has 0 aliphatic carbocycles. The summed E-state index contributed by atoms with van der Waals surface area (Å²) in [4.78, 5) is 15.7. The molecule has 0 saturated carbocycles. The smallest absolute Gasteiger partial charge is 0.422 e. The lowest BCUT2D eigenvalue weighted by molar-refractivity contribution is -0.153. The molecule has 24 heavy (non-hydrogen) atoms. The fourth-order valence-corrected chi connectivity index (χ4v) is 2.48. The van der Waals surface area contributed by atoms with Crippen LogP contribution >= 0.6 is 11.8 Å². The minimum absolute atomic E-state index is 0.0553. The van der Waals surface area contributed by atoms with Crippen LogP contribution in [0.5, 0.6) is 5.75 Å². The van der Waals surface area contributed by atoms with Crippen molar-refractivity contribution in [3.63, 3.8) is 0 Å². The zero-order valence-electron chi connectivity index (χ0n) is 12.3. The van der Waals surface area contributed by atoms with E-state index in [0.29, 0.717) is 16.5 Å². The molecule has 0 aliphatic heterocycles. The van der Waals surface area contributed by atoms with Gasteiger partial charge in [0.1, 0.15) is 5.75 Å². The molecule has 2 aromatic rings. The molecule has 0 bridgehead atoms. The van der Waals surface area contributed by atoms with Gasteiger partial charge in [-0.05, 0) is 29.8 Å². The summed E-state index contributed by atoms with van der Waals surface area (Å²) in [6.07, 6.45) is -1.56. The van der Waals surface area contributed by atoms with E-state index in [4.69, 9.17) is 16.2 Å². The van der Waals surface area contributed by atoms with E-state index in [-0.39, 0.29) is 16.5 Å². The molecule has 0 atom stereocenters. The van der Waals surface area contributed by atoms with Gasteiger partial charge < -0.3 is 16.2 Å². The van der Waals surface area contributed by atoms with Crippen molar-refractivity contribution in [2.24, 2.45) is 11.5 Å². The first-order chi connectivity index (χ1) is 11.3. The topological polar surface area (TPSA) is 91.2 Å². The number of pyridine rings is 1. The number of hydrogen-bond acceptors (Lipinski definition) is 5. The summed E-state index contributed by atoms with van der Waals surface area (Å²) in [6.45, 7) is -1.40. The van der Waals surface area contributed by atoms with Gasteiger partial charge in [-0.1, -0.05) is 6.07 Å². The SMILES string of the molecule is NCS/C(=C\c1ccc2nccc(OCC(F)(F)F)c2c1)C(N)=O. The second-order valence-electron chi connectivity index (χ2n) is 4.67. The number of thioether (sulfide) groups is 1. The fraction of sp³-hybridized carbons (Fsp3) is 0.200. The average Bonchev–Trinajstić information content (AvgIpc) is 2.51. The number of fused-ring (bicyclic) bond motifs is 1. The van der Waals surface area contributed by atoms with Gasteiger partial charge in [0.15, 0.2) is 6.61 Å². The number of nitrogens with two attached hydrogens (primary N) is 2. The van der Waals surface area contributed by atoms with E-state index in [9.17, 15) is 18.0 Å². The Morgan fingerprint density at radius 2 is 2.08 bits per heavy atom. The molecule has 1 aromatic carbocycles. The molecule has 1 heterocycles. The van der Waals surface area contributed by atoms with Crippen molar-refractivity contribution in [1.29, 1.82) is 0 Å². The number of primary amides is 1. The van der Waals surface area contributed by atoms with Crippen molar-refractivity contribution in [3.8, 4) is 5.75 Å². The van der Waals surface area contributed by atoms with Crippen molar-refractivity contribution in [3.05, 3.63) is 40.9 Å². The van der Waals surface area contributed by atoms with Crippen molar-refractivity contribution in [2.45, 2.75) is 6.18 Å². The van der Waals surface area contributed by atoms with Crippen LogP contribution in [-0.4, -0.2) is 29.6 Å². The summed E-state index contributed by atoms with van der Waals surface area (Å²) in [6, 6.07) is 6.22. The van der Waals surface area contributed by atoms with Gasteiger partial charge in [-0.2, -0.15) is 13.2 Å². The second-order valence-corrected chi connectivity index (χ2v) is 5.74. The molecule has 0 unspecified atom stereocenters. The van der Waals surface area contributed by atoms with E-state index < -0.39 is 18.7 Å². The lowest BCUT2D eigenvalue weighted by Crippen LogP contribution is -2.19. The summed E-state index contributed by atoms with van der Waals surface area (Å²) >= 11 is 1.07. The van der Waals surface area contributed by atoms with Crippen molar-refractivity contribution in [1.82, 2.24) is 4.98 Å². The maximum absolute atomic E-state index is 12.4. The monoisotopic (exact) mass is 357 g/mol. The van der Waals surface area contributed by atoms with E-state index in [0.717, 1.165) is 11.8 Å². The molecule has 1 aromatic heterocycles. The molecule has 0 saturated heterocycles. The second kappa shape index (κ2) is 7.54. The van der Waals surface area contributed by atoms with E-state index >= 15 is 0 Å². The van der Waals surface area contributed by atoms with Crippen LogP contribution in [0.1, 0.15) is 5.56 Å². The molecule has 2 rings (SSSR count). The van der Waals surface area contributed by atoms with Crippen LogP contribution in [0.15, 0.2) is 35.4 Å². The van der Waals surface area contributed by atoms with E-state index in [1.165, 1.54) is 18.3 Å². The van der Waals surface area contributed by atoms with E-state index in [1.54, 1.807) is 18.2 Å². The summed E-state index contributed by atoms with van der Waals surface area (Å²) in [7, 11) is 0. The molecular weight excluding hydrogens is 343 g/mol. The Morgan fingerprint density at radius 3 is 2.71 bits per heavy atom. The third kappa shape index (κ3) is 4.87. The molecule has 128 valence electrons. The normalized spacial score (nSPS) is 12.4. The average molecular weight is 357 g/mol. The first-order valence-corrected chi connectivity index (χ1v) is 7.71. The quantitative estimate of drug-likeness (QED) is 0.613. The molecule has 0 aliphatic rings. The molecule has 0 spiro atoms. The largest absolute Gasteiger partial charge is 0.483 e. The standard InChI is InChI=1S/C15H14F3N3O2S/c16-15(17,18)7-23-12-3-4-21-11-2-1-9(5-10(11)12)6-13(14(20)22)24-8-19/h1-6H,7-8,19H2,(H2,20,22)/b13-6-. The molecule has 4 N–H and O–H groups in total. The Labute approximate surface area is 139 Å². The van der Waals surface area contributed by atoms with Crippen LogP contribution < -0.4 is 16.2 Å². The van der Waals surface area contributed by atoms with Gasteiger partial charge in [-0.3, -0.25) is 9.78 Å². The van der Waals surface area contributed by atoms with Gasteiger partial charge in [-0.25, -0.2) is 0 Å². The Kier molecular flexibility index (Phi) is 5.68. The number of carbonyl (C=O) groups is 1. The Balaban J connectivity index is 2.41. The number of alkyl halides is 3. The Bertz CT molecular complexity index is 778. The van der Waals surface area contributed by atoms with Crippen molar-refractivity contribution >= 4 is 34.6 Å². The zero-order valence-corrected chi connectivity index (χ0v) is 13.2. The summed E-state index contributed by atoms with van der Waals surface area (Å²) in [5.41, 5.74) is 11.7. The summed E-state index contributed by atoms with van der Waals surface area (Å²) in [5.74, 6) is -0.408. The summed E-state index contributed by atoms with van der Waals surface area (Å²) in [5, 5.41) is 0.400. The van der Waals surface area contributed by atoms with E-state index in [2.05, 4.69) is 4.98 Å². The van der Waals surface area contributed by atoms with Crippen LogP contribution in [0.3, 0.4) is 0 Å². The number of halogens is 3. The number of hydrogen-bond donors (Lipinski definition) is 2. The van der Waals surface area contributed by atoms with Crippen LogP contribution in [0, 0.1) is 0 Å². The predicted octanol–water partition coefficient (Wildman–Crippen LogP) is 2.65. The maximum atomic E-state index is 12.4. The van der Waals surface area contributed by atoms with Gasteiger partial charge >= 0.3 is 6.18 Å². The minimum Gasteiger partial charge on any atom is -0.483 e. The number of amides is 1. The zero-order chi connectivity index (χ0) is 17.7. The van der Waals surface area contributed by atoms with Crippen LogP contribution in [0.25, 0.3) is 17.0 Å². The molecule has 0 fully saturated rings. The van der Waals surface area contributed by atoms with Gasteiger partial charge in [-0.15, -0.1) is 11.8 Å². The Hall–Kier alpha value is -2.26. The van der Waals surface area contributed by atoms with Crippen LogP contribution in [0.4, 0.5) is 13.2 Å². The minimum atomic E-state index is -4.44. The summed E-state index contributed by atoms with van der Waals surface area (Å²) < 4.78 is 41.9. The van der Waals surface area contributed by atoms with Gasteiger partial charge in [0.2, 0.25) is 0 Å². The molecule has 5 nitrogen and oxygen atoms in total. The first kappa shape index (κ1) is 18.1. The van der Waals surface area contributed by atoms with Gasteiger partial charge in [0.05, 0.1) is 10.4 Å². The van der Waals surface area contributed by atoms with Crippen LogP contribution in [0.2, 0.25) is 0 Å². The predicted molar refractivity (Wildman–Crippen MR) is 87.1 cm³/mol. The third-order valence-electron chi connectivity index (χ3n) is 2.90. The highest BCUT2D eigenvalue weighted by molar-refractivity contribution is 8.04. The maximum Gasteiger partial charge on any atom is 0.422 e. The molecule has 1 amide bonds. The number of ether oxygens (including phenoxy) is 1. The molecular formula is C15H14F3N3O2S. The first-order valence-electron chi connectivity index (χ1n) is 6.73. The molecule has 9 heteroatoms. The lowest BCUT2D eigenvalue weighted by Gasteiger charge is -2.11. The number of carbonyl (C=O) groups excluding carboxylic acids is 1. The lowest BCUT2D eigenvalue weighted by atomic mass is 10.1.